The molecule has 1 saturated heterocycles. The second-order valence-corrected chi connectivity index (χ2v) is 10.8. The van der Waals surface area contributed by atoms with Gasteiger partial charge in [0, 0.05) is 5.69 Å². The fourth-order valence-electron chi connectivity index (χ4n) is 4.66. The first-order chi connectivity index (χ1) is 16.0. The van der Waals surface area contributed by atoms with Gasteiger partial charge in [0.25, 0.3) is 0 Å². The summed E-state index contributed by atoms with van der Waals surface area (Å²) < 4.78 is 1.69. The number of hydrogen-bond acceptors (Lipinski definition) is 6. The topological polar surface area (TPSA) is 79.4 Å². The molecule has 0 unspecified atom stereocenters. The summed E-state index contributed by atoms with van der Waals surface area (Å²) >= 11 is 2.86. The van der Waals surface area contributed by atoms with Crippen LogP contribution >= 0.6 is 23.1 Å². The van der Waals surface area contributed by atoms with Gasteiger partial charge in [-0.15, -0.1) is 11.3 Å². The van der Waals surface area contributed by atoms with Crippen LogP contribution in [0.3, 0.4) is 0 Å². The lowest BCUT2D eigenvalue weighted by Crippen LogP contribution is -2.30. The Labute approximate surface area is 200 Å². The Morgan fingerprint density at radius 3 is 2.45 bits per heavy atom. The quantitative estimate of drug-likeness (QED) is 0.385. The maximum Gasteiger partial charge on any atom is 0.237 e. The van der Waals surface area contributed by atoms with Crippen molar-refractivity contribution in [1.82, 2.24) is 4.98 Å². The highest BCUT2D eigenvalue weighted by atomic mass is 32.2. The fourth-order valence-corrected chi connectivity index (χ4v) is 6.56. The molecule has 2 atom stereocenters. The molecule has 2 aliphatic rings. The van der Waals surface area contributed by atoms with E-state index in [0.29, 0.717) is 5.69 Å². The van der Waals surface area contributed by atoms with Crippen molar-refractivity contribution in [3.63, 3.8) is 0 Å². The molecule has 1 aliphatic carbocycles. The van der Waals surface area contributed by atoms with E-state index < -0.39 is 0 Å². The Morgan fingerprint density at radius 1 is 1.09 bits per heavy atom. The molecule has 33 heavy (non-hydrogen) atoms. The average Bonchev–Trinajstić information content (AvgIpc) is 3.36. The Morgan fingerprint density at radius 2 is 1.79 bits per heavy atom. The number of hydrogen-bond donors (Lipinski definition) is 1. The van der Waals surface area contributed by atoms with Crippen LogP contribution in [0.15, 0.2) is 46.8 Å². The number of aryl methyl sites for hydroxylation is 1. The molecule has 6 nitrogen and oxygen atoms in total. The number of fused-ring (bicyclic) bond motifs is 2. The number of thioether (sulfide) groups is 1. The molecule has 170 valence electrons. The van der Waals surface area contributed by atoms with Crippen LogP contribution in [0, 0.1) is 11.8 Å². The number of nitrogens with one attached hydrogen (secondary N) is 1. The fraction of sp³-hybridized carbons (Fsp3) is 0.360. The summed E-state index contributed by atoms with van der Waals surface area (Å²) in [4.78, 5) is 44.1. The number of benzene rings is 2. The minimum atomic E-state index is -0.161. The molecule has 3 aromatic rings. The lowest BCUT2D eigenvalue weighted by Gasteiger charge is -2.19. The summed E-state index contributed by atoms with van der Waals surface area (Å²) in [7, 11) is 0. The van der Waals surface area contributed by atoms with E-state index in [1.807, 2.05) is 36.4 Å². The third-order valence-electron chi connectivity index (χ3n) is 6.42. The molecule has 2 fully saturated rings. The average molecular weight is 480 g/mol. The minimum Gasteiger partial charge on any atom is -0.325 e. The van der Waals surface area contributed by atoms with Crippen LogP contribution in [0.5, 0.6) is 0 Å². The van der Waals surface area contributed by atoms with E-state index in [-0.39, 0.29) is 35.3 Å². The minimum absolute atomic E-state index is 0.0631. The lowest BCUT2D eigenvalue weighted by atomic mass is 9.81. The predicted octanol–water partition coefficient (Wildman–Crippen LogP) is 5.27. The zero-order valence-corrected chi connectivity index (χ0v) is 20.0. The Hall–Kier alpha value is -2.71. The second-order valence-electron chi connectivity index (χ2n) is 8.53. The Balaban J connectivity index is 1.26. The predicted molar refractivity (Wildman–Crippen MR) is 133 cm³/mol. The highest BCUT2D eigenvalue weighted by Gasteiger charge is 2.48. The van der Waals surface area contributed by atoms with E-state index in [0.717, 1.165) is 52.3 Å². The van der Waals surface area contributed by atoms with Crippen LogP contribution in [0.25, 0.3) is 10.2 Å². The normalized spacial score (nSPS) is 20.3. The first-order valence-corrected chi connectivity index (χ1v) is 13.1. The number of aromatic nitrogens is 1. The van der Waals surface area contributed by atoms with E-state index in [4.69, 9.17) is 0 Å². The first kappa shape index (κ1) is 22.1. The van der Waals surface area contributed by atoms with Crippen molar-refractivity contribution in [2.45, 2.75) is 43.4 Å². The van der Waals surface area contributed by atoms with Crippen molar-refractivity contribution in [1.29, 1.82) is 0 Å². The molecule has 5 rings (SSSR count). The van der Waals surface area contributed by atoms with E-state index in [9.17, 15) is 14.4 Å². The van der Waals surface area contributed by atoms with Gasteiger partial charge in [-0.1, -0.05) is 43.7 Å². The van der Waals surface area contributed by atoms with Gasteiger partial charge < -0.3 is 5.32 Å². The van der Waals surface area contributed by atoms with Crippen LogP contribution in [-0.4, -0.2) is 28.5 Å². The monoisotopic (exact) mass is 479 g/mol. The summed E-state index contributed by atoms with van der Waals surface area (Å²) in [6.07, 6.45) is 4.60. The molecular weight excluding hydrogens is 454 g/mol. The van der Waals surface area contributed by atoms with Crippen LogP contribution in [-0.2, 0) is 20.8 Å². The van der Waals surface area contributed by atoms with Gasteiger partial charge in [0.15, 0.2) is 4.34 Å². The number of nitrogens with zero attached hydrogens (tertiary/aromatic N) is 2. The van der Waals surface area contributed by atoms with Gasteiger partial charge in [-0.2, -0.15) is 0 Å². The van der Waals surface area contributed by atoms with Crippen molar-refractivity contribution < 1.29 is 14.4 Å². The molecule has 8 heteroatoms. The van der Waals surface area contributed by atoms with Gasteiger partial charge in [0.1, 0.15) is 0 Å². The number of carbonyl (C=O) groups excluding carboxylic acids is 3. The van der Waals surface area contributed by atoms with E-state index in [1.165, 1.54) is 33.6 Å². The summed E-state index contributed by atoms with van der Waals surface area (Å²) in [6.45, 7) is 2.10. The van der Waals surface area contributed by atoms with Crippen molar-refractivity contribution >= 4 is 62.4 Å². The Kier molecular flexibility index (Phi) is 6.21. The van der Waals surface area contributed by atoms with E-state index in [1.54, 1.807) is 6.07 Å². The maximum atomic E-state index is 12.9. The third-order valence-corrected chi connectivity index (χ3v) is 8.59. The summed E-state index contributed by atoms with van der Waals surface area (Å²) in [5.41, 5.74) is 3.44. The van der Waals surface area contributed by atoms with E-state index in [2.05, 4.69) is 17.2 Å². The largest absolute Gasteiger partial charge is 0.325 e. The molecule has 1 saturated carbocycles. The number of anilines is 2. The zero-order valence-electron chi connectivity index (χ0n) is 18.4. The summed E-state index contributed by atoms with van der Waals surface area (Å²) in [5, 5.41) is 2.91. The molecule has 2 heterocycles. The first-order valence-electron chi connectivity index (χ1n) is 11.3. The number of amides is 3. The van der Waals surface area contributed by atoms with Crippen LogP contribution in [0.4, 0.5) is 11.4 Å². The molecule has 0 bridgehead atoms. The lowest BCUT2D eigenvalue weighted by molar-refractivity contribution is -0.122. The van der Waals surface area contributed by atoms with Gasteiger partial charge in [0.05, 0.1) is 33.5 Å². The van der Waals surface area contributed by atoms with Crippen LogP contribution in [0.2, 0.25) is 0 Å². The number of thiazole rings is 1. The standard InChI is InChI=1S/C25H25N3O3S2/c1-2-15-7-9-16(10-8-15)26-22(29)14-32-25-27-20-12-11-17(13-21(20)33-25)28-23(30)18-5-3-4-6-19(18)24(28)31/h7-13,18-19H,2-6,14H2,1H3,(H,26,29)/t18-,19+. The van der Waals surface area contributed by atoms with Gasteiger partial charge in [0.2, 0.25) is 17.7 Å². The molecule has 1 aromatic heterocycles. The van der Waals surface area contributed by atoms with Crippen molar-refractivity contribution in [2.24, 2.45) is 11.8 Å². The summed E-state index contributed by atoms with van der Waals surface area (Å²) in [6, 6.07) is 13.4. The van der Waals surface area contributed by atoms with Gasteiger partial charge in [-0.3, -0.25) is 19.3 Å². The molecule has 1 N–H and O–H groups in total. The van der Waals surface area contributed by atoms with E-state index >= 15 is 0 Å². The second kappa shape index (κ2) is 9.27. The molecule has 0 radical (unpaired) electrons. The third kappa shape index (κ3) is 4.42. The molecule has 1 aliphatic heterocycles. The number of imide groups is 1. The van der Waals surface area contributed by atoms with Crippen molar-refractivity contribution in [2.75, 3.05) is 16.0 Å². The van der Waals surface area contributed by atoms with Crippen molar-refractivity contribution in [3.05, 3.63) is 48.0 Å². The van der Waals surface area contributed by atoms with Gasteiger partial charge in [-0.05, 0) is 55.2 Å². The van der Waals surface area contributed by atoms with Crippen LogP contribution < -0.4 is 10.2 Å². The Bertz CT molecular complexity index is 1200. The van der Waals surface area contributed by atoms with Gasteiger partial charge in [-0.25, -0.2) is 4.98 Å². The molecular formula is C25H25N3O3S2. The number of carbonyl (C=O) groups is 3. The van der Waals surface area contributed by atoms with Gasteiger partial charge >= 0.3 is 0 Å². The highest BCUT2D eigenvalue weighted by Crippen LogP contribution is 2.41. The van der Waals surface area contributed by atoms with Crippen molar-refractivity contribution in [3.8, 4) is 0 Å². The summed E-state index contributed by atoms with van der Waals surface area (Å²) in [5.74, 6) is -0.273. The molecule has 2 aromatic carbocycles. The zero-order chi connectivity index (χ0) is 22.9. The smallest absolute Gasteiger partial charge is 0.237 e. The number of rotatable bonds is 6. The molecule has 3 amide bonds. The molecule has 0 spiro atoms. The highest BCUT2D eigenvalue weighted by molar-refractivity contribution is 8.01. The maximum absolute atomic E-state index is 12.9. The SMILES string of the molecule is CCc1ccc(NC(=O)CSc2nc3ccc(N4C(=O)[C@H]5CCCC[C@H]5C4=O)cc3s2)cc1. The van der Waals surface area contributed by atoms with Crippen LogP contribution in [0.1, 0.15) is 38.2 Å².